The average molecular weight is 1970 g/mol. The number of aromatic hydroxyl groups is 2. The van der Waals surface area contributed by atoms with E-state index in [1.807, 2.05) is 418 Å². The van der Waals surface area contributed by atoms with E-state index in [2.05, 4.69) is 78.0 Å². The van der Waals surface area contributed by atoms with Gasteiger partial charge in [0.2, 0.25) is 17.7 Å². The predicted octanol–water partition coefficient (Wildman–Crippen LogP) is 32.3. The third kappa shape index (κ3) is 22.2. The molecule has 3 N–H and O–H groups in total. The molecule has 3 aliphatic rings. The van der Waals surface area contributed by atoms with Gasteiger partial charge in [-0.15, -0.1) is 0 Å². The molecule has 0 spiro atoms. The predicted molar refractivity (Wildman–Crippen MR) is 583 cm³/mol. The lowest BCUT2D eigenvalue weighted by Crippen LogP contribution is -2.37. The summed E-state index contributed by atoms with van der Waals surface area (Å²) >= 11 is -5.49. The number of oxazole rings is 3. The number of para-hydroxylation sites is 22. The lowest BCUT2D eigenvalue weighted by molar-refractivity contribution is 0.0334. The number of aromatic nitrogens is 3. The maximum atomic E-state index is 10.8. The van der Waals surface area contributed by atoms with Crippen LogP contribution in [-0.4, -0.2) is 85.5 Å². The highest BCUT2D eigenvalue weighted by Gasteiger charge is 2.47. The average Bonchev–Trinajstić information content (AvgIpc) is 1.23. The van der Waals surface area contributed by atoms with Gasteiger partial charge in [-0.1, -0.05) is 182 Å². The third-order valence-corrected chi connectivity index (χ3v) is 27.3. The van der Waals surface area contributed by atoms with Crippen molar-refractivity contribution >= 4 is 149 Å². The number of fused-ring (bicyclic) bond motifs is 9. The van der Waals surface area contributed by atoms with Crippen molar-refractivity contribution in [2.75, 3.05) is 31.1 Å². The Labute approximate surface area is 861 Å². The van der Waals surface area contributed by atoms with Crippen LogP contribution in [0, 0.1) is 0 Å². The number of benzene rings is 18. The number of anilines is 15. The summed E-state index contributed by atoms with van der Waals surface area (Å²) < 4.78 is 76.6. The molecule has 21 aromatic rings. The number of phenols is 2. The van der Waals surface area contributed by atoms with Gasteiger partial charge in [-0.05, 0) is 291 Å². The quantitative estimate of drug-likeness (QED) is 0.0477. The maximum absolute atomic E-state index is 10.8. The van der Waals surface area contributed by atoms with Crippen LogP contribution in [0.3, 0.4) is 0 Å². The summed E-state index contributed by atoms with van der Waals surface area (Å²) in [6.45, 7) is 13.9. The van der Waals surface area contributed by atoms with Crippen molar-refractivity contribution in [3.05, 3.63) is 443 Å². The van der Waals surface area contributed by atoms with Gasteiger partial charge >= 0.3 is 30.3 Å². The molecule has 147 heavy (non-hydrogen) atoms. The van der Waals surface area contributed by atoms with E-state index in [0.717, 1.165) is 102 Å². The van der Waals surface area contributed by atoms with Crippen LogP contribution in [0.2, 0.25) is 0 Å². The second-order valence-electron chi connectivity index (χ2n) is 35.0. The van der Waals surface area contributed by atoms with E-state index < -0.39 is 30.3 Å². The molecule has 0 bridgehead atoms. The molecule has 726 valence electrons. The van der Waals surface area contributed by atoms with E-state index in [4.69, 9.17) is 65.3 Å². The first-order chi connectivity index (χ1) is 72.1. The van der Waals surface area contributed by atoms with Gasteiger partial charge < -0.3 is 90.0 Å². The zero-order chi connectivity index (χ0) is 101. The van der Waals surface area contributed by atoms with E-state index in [-0.39, 0.29) is 36.4 Å². The van der Waals surface area contributed by atoms with Crippen molar-refractivity contribution in [1.29, 1.82) is 0 Å². The summed E-state index contributed by atoms with van der Waals surface area (Å²) in [5, 5.41) is 27.9. The van der Waals surface area contributed by atoms with Crippen molar-refractivity contribution in [2.45, 2.75) is 66.8 Å². The number of phenolic OH excluding ortho intramolecular Hbond substituents is 2. The number of hydrogen-bond acceptors (Lipinski definition) is 23. The molecule has 0 saturated carbocycles. The van der Waals surface area contributed by atoms with E-state index in [1.165, 1.54) is 0 Å². The molecule has 6 heterocycles. The van der Waals surface area contributed by atoms with Crippen LogP contribution in [-0.2, 0) is 11.4 Å². The number of aliphatic hydroxyl groups excluding tert-OH is 1. The largest absolute Gasteiger partial charge is 1.20 e. The number of rotatable bonds is 24. The van der Waals surface area contributed by atoms with E-state index in [9.17, 15) is 10.2 Å². The minimum Gasteiger partial charge on any atom is -0.577 e. The van der Waals surface area contributed by atoms with Crippen LogP contribution in [0.15, 0.2) is 456 Å². The van der Waals surface area contributed by atoms with Crippen LogP contribution in [0.25, 0.3) is 67.7 Å². The molecule has 0 fully saturated rings. The number of ether oxygens (including phenoxy) is 3. The van der Waals surface area contributed by atoms with Gasteiger partial charge in [-0.3, -0.25) is 0 Å². The van der Waals surface area contributed by atoms with Crippen molar-refractivity contribution in [2.24, 2.45) is 0 Å². The molecule has 0 saturated heterocycles. The first-order valence-corrected chi connectivity index (χ1v) is 51.3. The minimum atomic E-state index is -3.58. The Bertz CT molecular complexity index is 7510. The Balaban J connectivity index is 0.000000159. The minimum absolute atomic E-state index is 0.0977. The van der Waals surface area contributed by atoms with Crippen LogP contribution >= 0.6 is 0 Å². The summed E-state index contributed by atoms with van der Waals surface area (Å²) in [7, 11) is 0. The third-order valence-electron chi connectivity index (χ3n) is 23.6. The molecule has 3 aliphatic heterocycles. The molecule has 18 aromatic carbocycles. The van der Waals surface area contributed by atoms with Gasteiger partial charge in [-0.25, -0.2) is 15.0 Å². The molecule has 0 aliphatic carbocycles. The highest BCUT2D eigenvalue weighted by molar-refractivity contribution is 6.40. The highest BCUT2D eigenvalue weighted by Crippen LogP contribution is 2.56. The molecule has 23 nitrogen and oxygen atoms in total. The fraction of sp³-hybridized carbons (Fsp3) is 0.0902. The Morgan fingerprint density at radius 1 is 0.279 bits per heavy atom. The van der Waals surface area contributed by atoms with Gasteiger partial charge in [0.05, 0.1) is 73.6 Å². The summed E-state index contributed by atoms with van der Waals surface area (Å²) in [6, 6.07) is 144. The Morgan fingerprint density at radius 2 is 0.537 bits per heavy atom. The second kappa shape index (κ2) is 45.1. The maximum Gasteiger partial charge on any atom is 1.20 e. The van der Waals surface area contributed by atoms with Gasteiger partial charge in [-0.2, -0.15) is 0 Å². The second-order valence-corrected chi connectivity index (χ2v) is 37.6. The van der Waals surface area contributed by atoms with Gasteiger partial charge in [0.1, 0.15) is 39.5 Å². The molecular formula is C122H102Al2N8O15. The molecule has 0 radical (unpaired) electrons. The molecule has 0 atom stereocenters. The topological polar surface area (TPSA) is 238 Å². The van der Waals surface area contributed by atoms with Gasteiger partial charge in [0.25, 0.3) is 0 Å². The molecule has 25 heteroatoms. The summed E-state index contributed by atoms with van der Waals surface area (Å²) in [5.41, 5.74) is 19.5. The first-order valence-electron chi connectivity index (χ1n) is 48.5. The molecule has 0 unspecified atom stereocenters. The fourth-order valence-corrected chi connectivity index (χ4v) is 20.1. The Kier molecular flexibility index (Phi) is 29.8. The van der Waals surface area contributed by atoms with Crippen LogP contribution in [0.4, 0.5) is 85.3 Å². The highest BCUT2D eigenvalue weighted by atomic mass is 27.3. The standard InChI is InChI=1S/3C25H16N2O3.2C18H15NO.3C3H7O.C2H6O.2Al/c3*28-21-15-16(13-14-17(21)25-26-18-7-1-4-10-22(18)30-25)27-19-8-2-5-11-23(19)29-24-12-6-3-9-20(24)27;2*20-18-13-11-17(12-14-18)19(15-7-3-1-4-8-15)16-9-5-2-6-10-16;3*1-3(2)4;1-2-3;;/h3*1-15,28H;2*1-14,20H;3*3H,1-2H3;3H,2H2,1H3;;/q;;;;;3*-1;;2*+3/p-3. The van der Waals surface area contributed by atoms with Gasteiger partial charge in [0.15, 0.2) is 51.2 Å². The van der Waals surface area contributed by atoms with Crippen LogP contribution in [0.1, 0.15) is 48.5 Å². The van der Waals surface area contributed by atoms with E-state index in [1.54, 1.807) is 25.1 Å². The number of nitrogens with zero attached hydrogens (tertiary/aromatic N) is 8. The Hall–Kier alpha value is -17.3. The Morgan fingerprint density at radius 3 is 0.837 bits per heavy atom. The molecule has 3 aromatic heterocycles. The van der Waals surface area contributed by atoms with E-state index in [0.29, 0.717) is 102 Å². The zero-order valence-electron chi connectivity index (χ0n) is 81.6. The summed E-state index contributed by atoms with van der Waals surface area (Å²) in [6.07, 6.45) is 0.525. The molecule has 0 amide bonds. The SMILES string of the molecule is CC(C)[O][Al]([O]C(C)C)[O]C(C)C.CCO.Oc1cc(N2c3ccccc3Oc3ccccc32)ccc1-c1nc2ccccc2o1.Oc1ccc(N(c2ccccc2)c2ccccc2)cc1.c1ccc(N(c2ccccc2)c2ccc([O][Al]([O]c3cc(N4c5ccccc5Oc5ccccc54)ccc3-c3nc4ccccc4o3)[O]c3cc(N4c5ccccc5Oc5ccccc54)ccc3-c3nc4ccccc4o3)cc2)cc1. The van der Waals surface area contributed by atoms with Gasteiger partial charge in [0, 0.05) is 77.2 Å². The monoisotopic (exact) mass is 1970 g/mol. The zero-order valence-corrected chi connectivity index (χ0v) is 83.9. The van der Waals surface area contributed by atoms with Crippen LogP contribution in [0.5, 0.6) is 63.2 Å². The summed E-state index contributed by atoms with van der Waals surface area (Å²) in [5.74, 6) is 7.17. The van der Waals surface area contributed by atoms with Crippen molar-refractivity contribution in [3.63, 3.8) is 0 Å². The van der Waals surface area contributed by atoms with Crippen molar-refractivity contribution in [1.82, 2.24) is 15.0 Å². The first kappa shape index (κ1) is 97.1. The van der Waals surface area contributed by atoms with E-state index >= 15 is 0 Å². The number of aliphatic hydroxyl groups is 1. The van der Waals surface area contributed by atoms with Crippen molar-refractivity contribution in [3.8, 4) is 97.6 Å². The van der Waals surface area contributed by atoms with Crippen molar-refractivity contribution < 1.29 is 65.5 Å². The normalized spacial score (nSPS) is 11.7. The lowest BCUT2D eigenvalue weighted by atomic mass is 10.1. The van der Waals surface area contributed by atoms with Crippen LogP contribution < -0.4 is 50.1 Å². The number of hydrogen-bond donors (Lipinski definition) is 3. The fourth-order valence-electron chi connectivity index (χ4n) is 17.2. The molecular weight excluding hydrogens is 1870 g/mol. The molecule has 24 rings (SSSR count). The smallest absolute Gasteiger partial charge is 0.577 e. The summed E-state index contributed by atoms with van der Waals surface area (Å²) in [4.78, 5) is 25.2. The lowest BCUT2D eigenvalue weighted by Gasteiger charge is -2.33.